The summed E-state index contributed by atoms with van der Waals surface area (Å²) in [7, 11) is -6.01. The largest absolute Gasteiger partial charge is 0.480 e. The highest BCUT2D eigenvalue weighted by atomic mass is 31.1. The van der Waals surface area contributed by atoms with Gasteiger partial charge in [0.1, 0.15) is 17.8 Å². The molecule has 0 radical (unpaired) electrons. The maximum Gasteiger partial charge on any atom is 0.357 e. The van der Waals surface area contributed by atoms with Crippen molar-refractivity contribution in [2.45, 2.75) is 7.43 Å². The zero-order chi connectivity index (χ0) is 80.1. The van der Waals surface area contributed by atoms with Crippen LogP contribution in [0.2, 0.25) is 0 Å². The molecule has 8 unspecified atom stereocenters. The maximum atomic E-state index is 12.7. The smallest absolute Gasteiger partial charge is 0.357 e. The molecular weight excluding hydrogens is 1620 g/mol. The van der Waals surface area contributed by atoms with Crippen molar-refractivity contribution in [3.8, 4) is 0 Å². The van der Waals surface area contributed by atoms with Crippen LogP contribution in [0.4, 0.5) is 0 Å². The van der Waals surface area contributed by atoms with Gasteiger partial charge in [0, 0.05) is 14.1 Å². The highest BCUT2D eigenvalue weighted by Crippen LogP contribution is 2.60. The minimum atomic E-state index is -3.75. The summed E-state index contributed by atoms with van der Waals surface area (Å²) in [6.07, 6.45) is 0. The van der Waals surface area contributed by atoms with Crippen molar-refractivity contribution in [3.05, 3.63) is 0 Å². The summed E-state index contributed by atoms with van der Waals surface area (Å²) in [6, 6.07) is 0. The van der Waals surface area contributed by atoms with Gasteiger partial charge in [-0.3, -0.25) is 136 Å². The van der Waals surface area contributed by atoms with Crippen molar-refractivity contribution in [1.29, 1.82) is 0 Å². The second-order valence-corrected chi connectivity index (χ2v) is 28.4. The molecule has 12 heterocycles. The van der Waals surface area contributed by atoms with Crippen molar-refractivity contribution in [2.24, 2.45) is 54.3 Å². The Kier molecular flexibility index (Phi) is 20.3. The third-order valence-electron chi connectivity index (χ3n) is 16.8. The van der Waals surface area contributed by atoms with E-state index in [1.807, 2.05) is 5.09 Å². The third kappa shape index (κ3) is 9.21. The molecule has 24 amide bonds. The number of amides is 24. The number of esters is 4. The number of likely N-dealkylation sites (tertiary alicyclic amines) is 1. The summed E-state index contributed by atoms with van der Waals surface area (Å²) in [5.41, 5.74) is -12.5. The van der Waals surface area contributed by atoms with Gasteiger partial charge < -0.3 is 50.5 Å². The first-order chi connectivity index (χ1) is 49.2. The van der Waals surface area contributed by atoms with Crippen molar-refractivity contribution in [3.63, 3.8) is 0 Å². The van der Waals surface area contributed by atoms with Gasteiger partial charge in [-0.15, -0.1) is 0 Å². The molecule has 0 aromatic carbocycles. The topological polar surface area (TPSA) is 778 Å². The molecule has 0 aliphatic carbocycles. The van der Waals surface area contributed by atoms with Crippen LogP contribution in [0.25, 0.3) is 0 Å². The van der Waals surface area contributed by atoms with Gasteiger partial charge in [-0.25, -0.2) is 75.7 Å². The summed E-state index contributed by atoms with van der Waals surface area (Å²) < 4.78 is 11.0. The Hall–Kier alpha value is -11.2. The summed E-state index contributed by atoms with van der Waals surface area (Å²) >= 11 is 0. The number of nitrogens with two attached hydrogens (primary N) is 2. The fraction of sp³-hybridized carbons (Fsp3) is 0.289. The minimum Gasteiger partial charge on any atom is -0.480 e. The average Bonchev–Trinajstić information content (AvgIpc) is 0.665. The van der Waals surface area contributed by atoms with E-state index < -0.39 is 295 Å². The molecular formula is C45H36N16O38P8. The molecule has 54 nitrogen and oxygen atoms in total. The zero-order valence-corrected chi connectivity index (χ0v) is 59.3. The lowest BCUT2D eigenvalue weighted by molar-refractivity contribution is -0.225. The van der Waals surface area contributed by atoms with Crippen LogP contribution in [0.5, 0.6) is 0 Å². The highest BCUT2D eigenvalue weighted by molar-refractivity contribution is 7.40. The van der Waals surface area contributed by atoms with Crippen LogP contribution in [-0.4, -0.2) is 284 Å². The second kappa shape index (κ2) is 26.7. The van der Waals surface area contributed by atoms with Gasteiger partial charge in [0.15, 0.2) is 0 Å². The van der Waals surface area contributed by atoms with Gasteiger partial charge in [-0.1, -0.05) is 7.43 Å². The second-order valence-electron chi connectivity index (χ2n) is 21.4. The Morgan fingerprint density at radius 1 is 0.336 bits per heavy atom. The van der Waals surface area contributed by atoms with Gasteiger partial charge in [-0.05, 0) is 30.8 Å². The maximum absolute atomic E-state index is 12.7. The molecule has 62 heteroatoms. The number of rotatable bonds is 20. The molecule has 0 saturated carbocycles. The monoisotopic (exact) mass is 1660 g/mol. The van der Waals surface area contributed by atoms with Gasteiger partial charge in [0.05, 0.1) is 35.5 Å². The molecule has 107 heavy (non-hydrogen) atoms. The molecule has 564 valence electrons. The number of aliphatic carboxylic acids is 4. The Balaban J connectivity index is 0.000000201. The van der Waals surface area contributed by atoms with E-state index in [1.165, 1.54) is 13.3 Å². The number of imide groups is 10. The van der Waals surface area contributed by atoms with Gasteiger partial charge in [-0.2, -0.15) is 0 Å². The standard InChI is InChI=1S/C17H17N6O16P3.C17H9N6O12P3.C5H6N4O4P2.C5O6.CH4/c1-18-3(24)15(11(32)33,12(34)35)5(26)20-41-22-7(28)17(8(22)29)9(30)23(10(17)31)42-21-6(27)16(13(36)37,14(38)39)4(25)19-40-2;1-18-3(24)15(4(18)25)7(28)20(8(15)29)37-22-11(32)17(12(22)33)13(34)23(14(17)35)38-21-9(30)16(10(21)31)5(26)19(36-2)6(16)27;6-14-8-1(10)5(2(8)11)3(12)9(15-7)4(5)13;6-1-5(2(7)10-1)3(8)11-4(5)9;/h40-42H,1-2H3,(H,18,24)(H,19,25)(H,20,26)(H,21,27)(H,32,33)(H,34,35)(H,36,37)(H,38,39);36-38H,1-2H3;14-15H,6-7H2;;1H4. The number of carboxylic acids is 4. The van der Waals surface area contributed by atoms with Crippen LogP contribution in [0.3, 0.4) is 0 Å². The normalized spacial score (nSPS) is 22.3. The average molecular weight is 1660 g/mol. The van der Waals surface area contributed by atoms with Crippen molar-refractivity contribution >= 4 is 260 Å². The van der Waals surface area contributed by atoms with Crippen molar-refractivity contribution in [1.82, 2.24) is 67.5 Å². The lowest BCUT2D eigenvalue weighted by Crippen LogP contribution is -2.85. The van der Waals surface area contributed by atoms with E-state index in [0.717, 1.165) is 14.1 Å². The van der Waals surface area contributed by atoms with E-state index in [1.54, 1.807) is 15.5 Å². The summed E-state index contributed by atoms with van der Waals surface area (Å²) in [5, 5.41) is 43.9. The summed E-state index contributed by atoms with van der Waals surface area (Å²) in [5.74, 6) is -46.1. The molecule has 12 aliphatic rings. The number of hydrogen-bond donors (Lipinski definition) is 10. The SMILES string of the molecule is C.CNC(=O)C(C(=O)O)(C(=O)O)C(=O)NPN1C(=O)C2(C1=O)C(=O)N(PNC(=O)C(C(=O)O)(C(=O)O)C(=O)NPC)C2=O.CPN1C(=O)C2(C1=O)C(=O)N(PN1C(=O)C3(C(=O)N(PN4C(=O)C5(C(=O)N(C)C5=O)C4=O)C3=O)C1=O)C2=O.NPN1C(=O)C2(C1=O)C(=O)N(PN)C2=O.O=C1OC(=O)C12C(=O)OC2=O. The number of carboxylic acid groups (broad SMARTS) is 4. The van der Waals surface area contributed by atoms with E-state index in [0.29, 0.717) is 28.3 Å². The Labute approximate surface area is 598 Å². The van der Waals surface area contributed by atoms with Crippen LogP contribution in [0.1, 0.15) is 7.43 Å². The van der Waals surface area contributed by atoms with Crippen molar-refractivity contribution in [2.75, 3.05) is 27.4 Å². The molecule has 6 spiro atoms. The lowest BCUT2D eigenvalue weighted by Gasteiger charge is -2.57. The fourth-order valence-corrected chi connectivity index (χ4v) is 17.3. The van der Waals surface area contributed by atoms with Crippen LogP contribution in [0, 0.1) is 43.3 Å². The van der Waals surface area contributed by atoms with Crippen LogP contribution >= 0.6 is 70.8 Å². The van der Waals surface area contributed by atoms with Crippen LogP contribution < -0.4 is 31.6 Å². The van der Waals surface area contributed by atoms with E-state index in [-0.39, 0.29) is 34.8 Å². The molecule has 12 N–H and O–H groups in total. The summed E-state index contributed by atoms with van der Waals surface area (Å²) in [4.78, 5) is 382. The van der Waals surface area contributed by atoms with E-state index in [9.17, 15) is 174 Å². The van der Waals surface area contributed by atoms with Crippen molar-refractivity contribution < 1.29 is 183 Å². The first kappa shape index (κ1) is 81.5. The molecule has 8 atom stereocenters. The fourth-order valence-electron chi connectivity index (χ4n) is 10.7. The highest BCUT2D eigenvalue weighted by Gasteiger charge is 2.87. The minimum absolute atomic E-state index is 0. The Morgan fingerprint density at radius 2 is 0.551 bits per heavy atom. The van der Waals surface area contributed by atoms with Gasteiger partial charge >= 0.3 is 64.0 Å². The van der Waals surface area contributed by atoms with E-state index in [4.69, 9.17) is 11.0 Å². The summed E-state index contributed by atoms with van der Waals surface area (Å²) in [6.45, 7) is 2.78. The predicted octanol–water partition coefficient (Wildman–Crippen LogP) is -14.2. The molecule has 12 rings (SSSR count). The number of nitrogens with one attached hydrogen (secondary N) is 4. The quantitative estimate of drug-likeness (QED) is 0.0234. The number of nitrogens with zero attached hydrogens (tertiary/aromatic N) is 10. The zero-order valence-electron chi connectivity index (χ0n) is 51.3. The molecule has 12 aliphatic heterocycles. The number of hydrogen-bond acceptors (Lipinski definition) is 36. The first-order valence-electron chi connectivity index (χ1n) is 27.0. The Morgan fingerprint density at radius 3 is 0.757 bits per heavy atom. The predicted molar refractivity (Wildman–Crippen MR) is 329 cm³/mol. The molecule has 0 bridgehead atoms. The van der Waals surface area contributed by atoms with E-state index in [2.05, 4.69) is 9.47 Å². The molecule has 0 aromatic rings. The Bertz CT molecular complexity index is 4370. The van der Waals surface area contributed by atoms with Crippen LogP contribution in [0.15, 0.2) is 0 Å². The molecule has 12 saturated heterocycles. The third-order valence-corrected chi connectivity index (χ3v) is 23.9. The number of β-lactam (4-membered cyclic amide) rings is 20. The number of cyclic esters (lactones) is 4. The lowest BCUT2D eigenvalue weighted by atomic mass is 9.71. The first-order valence-corrected chi connectivity index (χ1v) is 35.7. The van der Waals surface area contributed by atoms with Crippen LogP contribution in [-0.2, 0) is 163 Å². The number of carbonyl (C=O) groups excluding carboxylic acids is 28. The number of ether oxygens (including phenoxy) is 2. The van der Waals surface area contributed by atoms with E-state index >= 15 is 0 Å². The number of carbonyl (C=O) groups is 32. The van der Waals surface area contributed by atoms with Gasteiger partial charge in [0.2, 0.25) is 0 Å². The molecule has 0 aromatic heterocycles. The van der Waals surface area contributed by atoms with Gasteiger partial charge in [0.25, 0.3) is 169 Å². The molecule has 12 fully saturated rings.